The first-order valence-electron chi connectivity index (χ1n) is 7.35. The number of benzene rings is 1. The van der Waals surface area contributed by atoms with Gasteiger partial charge in [0, 0.05) is 18.7 Å². The molecule has 0 aromatic heterocycles. The number of rotatable bonds is 7. The standard InChI is InChI=1S/C16H25NO3/c1-12-6-7-13(8-12)17-10-14(18)11-20-16-5-3-4-15(9-16)19-2/h3-5,9,12-14,17-18H,6-8,10-11H2,1-2H3. The zero-order valence-electron chi connectivity index (χ0n) is 12.3. The fourth-order valence-electron chi connectivity index (χ4n) is 2.64. The first-order chi connectivity index (χ1) is 9.67. The van der Waals surface area contributed by atoms with Crippen LogP contribution in [0.5, 0.6) is 11.5 Å². The maximum absolute atomic E-state index is 9.94. The lowest BCUT2D eigenvalue weighted by atomic mass is 10.1. The first-order valence-corrected chi connectivity index (χ1v) is 7.35. The minimum atomic E-state index is -0.489. The second-order valence-corrected chi connectivity index (χ2v) is 5.67. The molecule has 112 valence electrons. The summed E-state index contributed by atoms with van der Waals surface area (Å²) in [7, 11) is 1.63. The summed E-state index contributed by atoms with van der Waals surface area (Å²) in [5.41, 5.74) is 0. The molecule has 1 aromatic rings. The fraction of sp³-hybridized carbons (Fsp3) is 0.625. The summed E-state index contributed by atoms with van der Waals surface area (Å²) in [4.78, 5) is 0. The lowest BCUT2D eigenvalue weighted by Gasteiger charge is -2.17. The van der Waals surface area contributed by atoms with E-state index in [4.69, 9.17) is 9.47 Å². The molecule has 4 heteroatoms. The maximum atomic E-state index is 9.94. The highest BCUT2D eigenvalue weighted by atomic mass is 16.5. The topological polar surface area (TPSA) is 50.7 Å². The molecular weight excluding hydrogens is 254 g/mol. The van der Waals surface area contributed by atoms with Crippen molar-refractivity contribution in [2.24, 2.45) is 5.92 Å². The molecule has 1 fully saturated rings. The monoisotopic (exact) mass is 279 g/mol. The Kier molecular flexibility index (Phi) is 5.68. The number of aliphatic hydroxyl groups excluding tert-OH is 1. The van der Waals surface area contributed by atoms with Crippen molar-refractivity contribution in [3.05, 3.63) is 24.3 Å². The molecule has 0 spiro atoms. The molecule has 3 unspecified atom stereocenters. The lowest BCUT2D eigenvalue weighted by molar-refractivity contribution is 0.103. The molecule has 1 aromatic carbocycles. The van der Waals surface area contributed by atoms with Gasteiger partial charge in [-0.1, -0.05) is 13.0 Å². The van der Waals surface area contributed by atoms with E-state index in [2.05, 4.69) is 12.2 Å². The van der Waals surface area contributed by atoms with E-state index in [1.165, 1.54) is 19.3 Å². The second kappa shape index (κ2) is 7.50. The van der Waals surface area contributed by atoms with Crippen molar-refractivity contribution in [2.75, 3.05) is 20.3 Å². The van der Waals surface area contributed by atoms with Gasteiger partial charge in [0.05, 0.1) is 7.11 Å². The van der Waals surface area contributed by atoms with Crippen LogP contribution in [-0.4, -0.2) is 37.5 Å². The van der Waals surface area contributed by atoms with Crippen LogP contribution in [0.25, 0.3) is 0 Å². The average Bonchev–Trinajstić information content (AvgIpc) is 2.89. The molecule has 1 aliphatic carbocycles. The van der Waals surface area contributed by atoms with E-state index in [1.807, 2.05) is 24.3 Å². The van der Waals surface area contributed by atoms with Crippen LogP contribution in [0.3, 0.4) is 0 Å². The summed E-state index contributed by atoms with van der Waals surface area (Å²) >= 11 is 0. The Labute approximate surface area is 121 Å². The molecular formula is C16H25NO3. The zero-order chi connectivity index (χ0) is 14.4. The largest absolute Gasteiger partial charge is 0.497 e. The SMILES string of the molecule is COc1cccc(OCC(O)CNC2CCC(C)C2)c1. The van der Waals surface area contributed by atoms with Gasteiger partial charge < -0.3 is 19.9 Å². The van der Waals surface area contributed by atoms with Crippen molar-refractivity contribution in [3.8, 4) is 11.5 Å². The molecule has 1 aliphatic rings. The molecule has 2 rings (SSSR count). The lowest BCUT2D eigenvalue weighted by Crippen LogP contribution is -2.36. The van der Waals surface area contributed by atoms with Gasteiger partial charge in [-0.15, -0.1) is 0 Å². The number of hydrogen-bond acceptors (Lipinski definition) is 4. The smallest absolute Gasteiger partial charge is 0.123 e. The molecule has 0 radical (unpaired) electrons. The Hall–Kier alpha value is -1.26. The van der Waals surface area contributed by atoms with Gasteiger partial charge in [-0.3, -0.25) is 0 Å². The summed E-state index contributed by atoms with van der Waals surface area (Å²) in [5.74, 6) is 2.28. The predicted molar refractivity (Wildman–Crippen MR) is 79.3 cm³/mol. The predicted octanol–water partition coefficient (Wildman–Crippen LogP) is 2.21. The summed E-state index contributed by atoms with van der Waals surface area (Å²) in [5, 5.41) is 13.4. The molecule has 1 saturated carbocycles. The third-order valence-electron chi connectivity index (χ3n) is 3.82. The van der Waals surface area contributed by atoms with Crippen molar-refractivity contribution >= 4 is 0 Å². The second-order valence-electron chi connectivity index (χ2n) is 5.67. The van der Waals surface area contributed by atoms with Gasteiger partial charge in [0.15, 0.2) is 0 Å². The summed E-state index contributed by atoms with van der Waals surface area (Å²) in [6.45, 7) is 3.16. The Balaban J connectivity index is 1.67. The van der Waals surface area contributed by atoms with E-state index in [9.17, 15) is 5.11 Å². The normalized spacial score (nSPS) is 23.6. The average molecular weight is 279 g/mol. The molecule has 0 saturated heterocycles. The Morgan fingerprint density at radius 2 is 2.15 bits per heavy atom. The Morgan fingerprint density at radius 3 is 2.85 bits per heavy atom. The highest BCUT2D eigenvalue weighted by Gasteiger charge is 2.21. The molecule has 0 amide bonds. The molecule has 0 aliphatic heterocycles. The van der Waals surface area contributed by atoms with Gasteiger partial charge >= 0.3 is 0 Å². The van der Waals surface area contributed by atoms with E-state index < -0.39 is 6.10 Å². The Morgan fingerprint density at radius 1 is 1.35 bits per heavy atom. The van der Waals surface area contributed by atoms with Gasteiger partial charge in [0.2, 0.25) is 0 Å². The third-order valence-corrected chi connectivity index (χ3v) is 3.82. The van der Waals surface area contributed by atoms with Crippen LogP contribution >= 0.6 is 0 Å². The molecule has 20 heavy (non-hydrogen) atoms. The van der Waals surface area contributed by atoms with Crippen molar-refractivity contribution in [2.45, 2.75) is 38.3 Å². The molecule has 2 N–H and O–H groups in total. The van der Waals surface area contributed by atoms with Crippen LogP contribution in [0.2, 0.25) is 0 Å². The highest BCUT2D eigenvalue weighted by Crippen LogP contribution is 2.24. The van der Waals surface area contributed by atoms with Crippen LogP contribution in [0.15, 0.2) is 24.3 Å². The van der Waals surface area contributed by atoms with Crippen molar-refractivity contribution in [1.29, 1.82) is 0 Å². The molecule has 0 heterocycles. The maximum Gasteiger partial charge on any atom is 0.123 e. The van der Waals surface area contributed by atoms with Crippen molar-refractivity contribution in [1.82, 2.24) is 5.32 Å². The number of methoxy groups -OCH3 is 1. The molecule has 4 nitrogen and oxygen atoms in total. The van der Waals surface area contributed by atoms with E-state index in [-0.39, 0.29) is 0 Å². The van der Waals surface area contributed by atoms with Gasteiger partial charge in [0.25, 0.3) is 0 Å². The summed E-state index contributed by atoms with van der Waals surface area (Å²) in [6.07, 6.45) is 3.22. The molecule has 0 bridgehead atoms. The van der Waals surface area contributed by atoms with Gasteiger partial charge in [0.1, 0.15) is 24.2 Å². The van der Waals surface area contributed by atoms with Crippen LogP contribution in [0.1, 0.15) is 26.2 Å². The van der Waals surface area contributed by atoms with Crippen LogP contribution in [-0.2, 0) is 0 Å². The minimum absolute atomic E-state index is 0.294. The number of ether oxygens (including phenoxy) is 2. The zero-order valence-corrected chi connectivity index (χ0v) is 12.3. The van der Waals surface area contributed by atoms with Gasteiger partial charge in [-0.25, -0.2) is 0 Å². The van der Waals surface area contributed by atoms with E-state index in [0.29, 0.717) is 19.2 Å². The van der Waals surface area contributed by atoms with Crippen LogP contribution in [0.4, 0.5) is 0 Å². The highest BCUT2D eigenvalue weighted by molar-refractivity contribution is 5.32. The van der Waals surface area contributed by atoms with Crippen LogP contribution < -0.4 is 14.8 Å². The quantitative estimate of drug-likeness (QED) is 0.803. The van der Waals surface area contributed by atoms with Gasteiger partial charge in [-0.2, -0.15) is 0 Å². The van der Waals surface area contributed by atoms with E-state index in [1.54, 1.807) is 7.11 Å². The summed E-state index contributed by atoms with van der Waals surface area (Å²) in [6, 6.07) is 7.97. The van der Waals surface area contributed by atoms with Gasteiger partial charge in [-0.05, 0) is 37.3 Å². The first kappa shape index (κ1) is 15.1. The minimum Gasteiger partial charge on any atom is -0.497 e. The summed E-state index contributed by atoms with van der Waals surface area (Å²) < 4.78 is 10.7. The number of hydrogen-bond donors (Lipinski definition) is 2. The fourth-order valence-corrected chi connectivity index (χ4v) is 2.64. The molecule has 3 atom stereocenters. The van der Waals surface area contributed by atoms with Crippen LogP contribution in [0, 0.1) is 5.92 Å². The number of nitrogens with one attached hydrogen (secondary N) is 1. The Bertz CT molecular complexity index is 410. The van der Waals surface area contributed by atoms with Crippen molar-refractivity contribution in [3.63, 3.8) is 0 Å². The van der Waals surface area contributed by atoms with Crippen molar-refractivity contribution < 1.29 is 14.6 Å². The number of aliphatic hydroxyl groups is 1. The third kappa shape index (κ3) is 4.69. The van der Waals surface area contributed by atoms with E-state index >= 15 is 0 Å². The van der Waals surface area contributed by atoms with E-state index in [0.717, 1.165) is 17.4 Å².